The first-order valence-electron chi connectivity index (χ1n) is 5.72. The molecule has 1 aromatic rings. The molecule has 0 aromatic heterocycles. The highest BCUT2D eigenvalue weighted by Gasteiger charge is 2.14. The monoisotopic (exact) mass is 271 g/mol. The second-order valence-electron chi connectivity index (χ2n) is 3.99. The van der Waals surface area contributed by atoms with Gasteiger partial charge in [0.05, 0.1) is 0 Å². The number of halogens is 1. The molecule has 0 spiro atoms. The summed E-state index contributed by atoms with van der Waals surface area (Å²) in [7, 11) is 0. The second-order valence-corrected chi connectivity index (χ2v) is 6.00. The van der Waals surface area contributed by atoms with Crippen LogP contribution < -0.4 is 10.5 Å². The number of hydrogen-bond acceptors (Lipinski definition) is 3. The summed E-state index contributed by atoms with van der Waals surface area (Å²) in [6.45, 7) is 3.81. The van der Waals surface area contributed by atoms with Crippen molar-refractivity contribution in [3.05, 3.63) is 36.2 Å². The van der Waals surface area contributed by atoms with Gasteiger partial charge in [0.15, 0.2) is 4.90 Å². The minimum Gasteiger partial charge on any atom is -0.611 e. The van der Waals surface area contributed by atoms with Crippen LogP contribution in [0.25, 0.3) is 0 Å². The van der Waals surface area contributed by atoms with Gasteiger partial charge in [-0.15, -0.1) is 0 Å². The molecular weight excluding hydrogens is 253 g/mol. The minimum atomic E-state index is -1.02. The van der Waals surface area contributed by atoms with Gasteiger partial charge in [0.2, 0.25) is 0 Å². The predicted octanol–water partition coefficient (Wildman–Crippen LogP) is 2.39. The maximum Gasteiger partial charge on any atom is 0.153 e. The van der Waals surface area contributed by atoms with Crippen LogP contribution in [0.2, 0.25) is 0 Å². The molecule has 18 heavy (non-hydrogen) atoms. The Labute approximate surface area is 110 Å². The van der Waals surface area contributed by atoms with E-state index in [0.717, 1.165) is 4.90 Å². The molecule has 0 fully saturated rings. The lowest BCUT2D eigenvalue weighted by Crippen LogP contribution is -2.13. The molecule has 0 radical (unpaired) electrons. The van der Waals surface area contributed by atoms with Crippen molar-refractivity contribution in [3.8, 4) is 5.75 Å². The van der Waals surface area contributed by atoms with E-state index in [1.54, 1.807) is 24.3 Å². The molecule has 0 amide bonds. The third kappa shape index (κ3) is 4.68. The van der Waals surface area contributed by atoms with Gasteiger partial charge in [0.1, 0.15) is 23.4 Å². The van der Waals surface area contributed by atoms with Gasteiger partial charge < -0.3 is 15.0 Å². The fourth-order valence-electron chi connectivity index (χ4n) is 1.28. The Hall–Kier alpha value is -1.04. The van der Waals surface area contributed by atoms with Crippen LogP contribution in [0.4, 0.5) is 4.39 Å². The normalized spacial score (nSPS) is 13.8. The van der Waals surface area contributed by atoms with Crippen molar-refractivity contribution in [1.29, 1.82) is 0 Å². The number of rotatable bonds is 6. The maximum atomic E-state index is 13.0. The Bertz CT molecular complexity index is 392. The lowest BCUT2D eigenvalue weighted by molar-refractivity contribution is 0.318. The summed E-state index contributed by atoms with van der Waals surface area (Å²) in [5.41, 5.74) is 5.17. The summed E-state index contributed by atoms with van der Waals surface area (Å²) < 4.78 is 30.0. The van der Waals surface area contributed by atoms with Crippen LogP contribution in [0, 0.1) is 0 Å². The maximum absolute atomic E-state index is 13.0. The molecule has 0 aliphatic rings. The standard InChI is InChI=1S/C13H18FNO2S/c1-10(2)18(16)13-5-3-12(4-6-13)17-9-11(14)7-8-15/h3-7,10H,8-9,15H2,1-2H3/b11-7+. The summed E-state index contributed by atoms with van der Waals surface area (Å²) in [5.74, 6) is 0.146. The molecule has 3 nitrogen and oxygen atoms in total. The van der Waals surface area contributed by atoms with Gasteiger partial charge in [-0.3, -0.25) is 0 Å². The number of nitrogens with two attached hydrogens (primary N) is 1. The van der Waals surface area contributed by atoms with E-state index in [-0.39, 0.29) is 18.4 Å². The zero-order valence-electron chi connectivity index (χ0n) is 10.6. The van der Waals surface area contributed by atoms with Crippen molar-refractivity contribution in [2.45, 2.75) is 24.0 Å². The Morgan fingerprint density at radius 2 is 2.06 bits per heavy atom. The van der Waals surface area contributed by atoms with Crippen molar-refractivity contribution in [2.24, 2.45) is 5.73 Å². The van der Waals surface area contributed by atoms with E-state index in [1.165, 1.54) is 6.08 Å². The molecule has 0 aliphatic heterocycles. The molecule has 1 aromatic carbocycles. The average Bonchev–Trinajstić information content (AvgIpc) is 2.36. The van der Waals surface area contributed by atoms with E-state index in [1.807, 2.05) is 13.8 Å². The highest BCUT2D eigenvalue weighted by molar-refractivity contribution is 7.92. The van der Waals surface area contributed by atoms with E-state index in [9.17, 15) is 8.94 Å². The van der Waals surface area contributed by atoms with Crippen molar-refractivity contribution in [3.63, 3.8) is 0 Å². The highest BCUT2D eigenvalue weighted by Crippen LogP contribution is 2.20. The molecule has 0 heterocycles. The first kappa shape index (κ1) is 15.0. The Morgan fingerprint density at radius 1 is 1.44 bits per heavy atom. The van der Waals surface area contributed by atoms with E-state index in [4.69, 9.17) is 10.5 Å². The fraction of sp³-hybridized carbons (Fsp3) is 0.385. The Morgan fingerprint density at radius 3 is 2.56 bits per heavy atom. The SMILES string of the molecule is CC(C)[S+]([O-])c1ccc(OC/C(F)=C\CN)cc1. The van der Waals surface area contributed by atoms with Gasteiger partial charge in [-0.2, -0.15) is 0 Å². The van der Waals surface area contributed by atoms with E-state index >= 15 is 0 Å². The molecular formula is C13H18FNO2S. The molecule has 0 saturated carbocycles. The molecule has 100 valence electrons. The molecule has 0 aliphatic carbocycles. The molecule has 1 rings (SSSR count). The summed E-state index contributed by atoms with van der Waals surface area (Å²) in [5, 5.41) is 0.0710. The van der Waals surface area contributed by atoms with Crippen LogP contribution in [0.3, 0.4) is 0 Å². The zero-order chi connectivity index (χ0) is 13.5. The third-order valence-electron chi connectivity index (χ3n) is 2.20. The van der Waals surface area contributed by atoms with Gasteiger partial charge >= 0.3 is 0 Å². The summed E-state index contributed by atoms with van der Waals surface area (Å²) in [6.07, 6.45) is 1.27. The average molecular weight is 271 g/mol. The molecule has 2 N–H and O–H groups in total. The minimum absolute atomic E-state index is 0.0710. The topological polar surface area (TPSA) is 58.3 Å². The Balaban J connectivity index is 2.58. The van der Waals surface area contributed by atoms with Crippen LogP contribution >= 0.6 is 0 Å². The number of ether oxygens (including phenoxy) is 1. The summed E-state index contributed by atoms with van der Waals surface area (Å²) in [4.78, 5) is 0.746. The number of benzene rings is 1. The summed E-state index contributed by atoms with van der Waals surface area (Å²) in [6, 6.07) is 6.84. The van der Waals surface area contributed by atoms with Crippen LogP contribution in [-0.2, 0) is 11.2 Å². The van der Waals surface area contributed by atoms with Crippen LogP contribution in [0.1, 0.15) is 13.8 Å². The third-order valence-corrected chi connectivity index (χ3v) is 3.79. The van der Waals surface area contributed by atoms with Crippen molar-refractivity contribution in [1.82, 2.24) is 0 Å². The first-order chi connectivity index (χ1) is 8.54. The largest absolute Gasteiger partial charge is 0.611 e. The molecule has 5 heteroatoms. The zero-order valence-corrected chi connectivity index (χ0v) is 11.4. The van der Waals surface area contributed by atoms with E-state index < -0.39 is 17.0 Å². The Kier molecular flexibility index (Phi) is 6.18. The molecule has 0 saturated heterocycles. The molecule has 1 atom stereocenters. The van der Waals surface area contributed by atoms with Gasteiger partial charge in [0, 0.05) is 6.54 Å². The van der Waals surface area contributed by atoms with Crippen LogP contribution in [0.15, 0.2) is 41.1 Å². The van der Waals surface area contributed by atoms with Gasteiger partial charge in [-0.1, -0.05) is 0 Å². The van der Waals surface area contributed by atoms with E-state index in [0.29, 0.717) is 5.75 Å². The van der Waals surface area contributed by atoms with Gasteiger partial charge in [-0.05, 0) is 55.4 Å². The van der Waals surface area contributed by atoms with Crippen molar-refractivity contribution in [2.75, 3.05) is 13.2 Å². The lowest BCUT2D eigenvalue weighted by Gasteiger charge is -2.14. The van der Waals surface area contributed by atoms with Gasteiger partial charge in [-0.25, -0.2) is 4.39 Å². The first-order valence-corrected chi connectivity index (χ1v) is 6.94. The van der Waals surface area contributed by atoms with E-state index in [2.05, 4.69) is 0 Å². The van der Waals surface area contributed by atoms with Gasteiger partial charge in [0.25, 0.3) is 0 Å². The lowest BCUT2D eigenvalue weighted by atomic mass is 10.3. The number of hydrogen-bond donors (Lipinski definition) is 1. The highest BCUT2D eigenvalue weighted by atomic mass is 32.2. The smallest absolute Gasteiger partial charge is 0.153 e. The quantitative estimate of drug-likeness (QED) is 0.808. The van der Waals surface area contributed by atoms with Crippen LogP contribution in [0.5, 0.6) is 5.75 Å². The van der Waals surface area contributed by atoms with Crippen molar-refractivity contribution < 1.29 is 13.7 Å². The molecule has 0 bridgehead atoms. The summed E-state index contributed by atoms with van der Waals surface area (Å²) >= 11 is -1.02. The fourth-order valence-corrected chi connectivity index (χ4v) is 2.23. The molecule has 1 unspecified atom stereocenters. The van der Waals surface area contributed by atoms with Crippen LogP contribution in [-0.4, -0.2) is 23.0 Å². The predicted molar refractivity (Wildman–Crippen MR) is 71.7 cm³/mol. The second kappa shape index (κ2) is 7.41. The van der Waals surface area contributed by atoms with Crippen molar-refractivity contribution >= 4 is 11.2 Å².